The fraction of sp³-hybridized carbons (Fsp3) is 0.719. The summed E-state index contributed by atoms with van der Waals surface area (Å²) >= 11 is 0. The minimum absolute atomic E-state index is 0.0452. The molecule has 1 aromatic rings. The summed E-state index contributed by atoms with van der Waals surface area (Å²) in [6.45, 7) is 11.3. The summed E-state index contributed by atoms with van der Waals surface area (Å²) in [6.07, 6.45) is 3.69. The lowest BCUT2D eigenvalue weighted by molar-refractivity contribution is -0.130. The monoisotopic (exact) mass is 605 g/mol. The van der Waals surface area contributed by atoms with Gasteiger partial charge in [0.15, 0.2) is 0 Å². The Bertz CT molecular complexity index is 985. The Kier molecular flexibility index (Phi) is 16.6. The maximum absolute atomic E-state index is 13.4. The molecule has 0 bridgehead atoms. The average Bonchev–Trinajstić information content (AvgIpc) is 2.99. The van der Waals surface area contributed by atoms with Crippen LogP contribution in [0.4, 0.5) is 0 Å². The van der Waals surface area contributed by atoms with E-state index in [-0.39, 0.29) is 36.1 Å². The standard InChI is InChI=1S/C32H55N5O6/c1-22(2)24(20-34-31(40)25-12-7-8-13-28(25)43-17-11-16-42-5)18-26(27(38)21-37-14-9-6-10-15-37)35-32(41)30(23(3)4)36-29(39)19-33/h7-8,12-13,22-24,26-27,30,38H,6,9-11,14-21,33H2,1-5H3,(H,34,40)(H,35,41)(H,36,39)/t24-,26+,27+,30?/m1/s1. The Balaban J connectivity index is 2.16. The molecular formula is C32H55N5O6. The van der Waals surface area contributed by atoms with Crippen LogP contribution in [0.15, 0.2) is 24.3 Å². The molecule has 0 aromatic heterocycles. The van der Waals surface area contributed by atoms with Gasteiger partial charge < -0.3 is 41.2 Å². The van der Waals surface area contributed by atoms with E-state index in [9.17, 15) is 19.5 Å². The number of nitrogens with one attached hydrogen (secondary N) is 3. The van der Waals surface area contributed by atoms with Gasteiger partial charge in [-0.2, -0.15) is 0 Å². The van der Waals surface area contributed by atoms with Gasteiger partial charge >= 0.3 is 0 Å². The van der Waals surface area contributed by atoms with E-state index in [0.717, 1.165) is 25.9 Å². The number of likely N-dealkylation sites (tertiary alicyclic amines) is 1. The number of carbonyl (C=O) groups is 3. The maximum Gasteiger partial charge on any atom is 0.255 e. The van der Waals surface area contributed by atoms with Crippen molar-refractivity contribution in [2.75, 3.05) is 53.0 Å². The molecule has 2 rings (SSSR count). The molecule has 1 fully saturated rings. The number of rotatable bonds is 19. The fourth-order valence-electron chi connectivity index (χ4n) is 5.29. The molecule has 0 saturated carbocycles. The first kappa shape index (κ1) is 36.5. The first-order valence-electron chi connectivity index (χ1n) is 15.8. The molecule has 1 aromatic carbocycles. The highest BCUT2D eigenvalue weighted by molar-refractivity contribution is 5.96. The number of aliphatic hydroxyl groups excluding tert-OH is 1. The lowest BCUT2D eigenvalue weighted by Gasteiger charge is -2.35. The molecule has 1 unspecified atom stereocenters. The summed E-state index contributed by atoms with van der Waals surface area (Å²) in [4.78, 5) is 40.9. The molecule has 0 aliphatic carbocycles. The first-order chi connectivity index (χ1) is 20.6. The largest absolute Gasteiger partial charge is 0.493 e. The summed E-state index contributed by atoms with van der Waals surface area (Å²) in [7, 11) is 1.64. The van der Waals surface area contributed by atoms with Gasteiger partial charge in [0.05, 0.1) is 30.9 Å². The zero-order valence-electron chi connectivity index (χ0n) is 26.8. The van der Waals surface area contributed by atoms with Crippen LogP contribution in [0.1, 0.15) is 70.2 Å². The van der Waals surface area contributed by atoms with Crippen LogP contribution in [0.25, 0.3) is 0 Å². The number of hydrogen-bond acceptors (Lipinski definition) is 8. The number of aliphatic hydroxyl groups is 1. The van der Waals surface area contributed by atoms with E-state index in [1.165, 1.54) is 6.42 Å². The van der Waals surface area contributed by atoms with Crippen LogP contribution in [0.5, 0.6) is 5.75 Å². The van der Waals surface area contributed by atoms with Gasteiger partial charge in [-0.1, -0.05) is 46.2 Å². The predicted octanol–water partition coefficient (Wildman–Crippen LogP) is 1.93. The van der Waals surface area contributed by atoms with E-state index >= 15 is 0 Å². The minimum atomic E-state index is -0.821. The van der Waals surface area contributed by atoms with Crippen LogP contribution in [0.3, 0.4) is 0 Å². The van der Waals surface area contributed by atoms with Crippen molar-refractivity contribution in [3.63, 3.8) is 0 Å². The molecule has 43 heavy (non-hydrogen) atoms. The molecule has 4 atom stereocenters. The molecule has 11 heteroatoms. The van der Waals surface area contributed by atoms with Crippen molar-refractivity contribution in [1.29, 1.82) is 0 Å². The molecule has 6 N–H and O–H groups in total. The lowest BCUT2D eigenvalue weighted by Crippen LogP contribution is -2.57. The smallest absolute Gasteiger partial charge is 0.255 e. The Labute approximate surface area is 257 Å². The van der Waals surface area contributed by atoms with E-state index in [1.807, 2.05) is 19.9 Å². The third-order valence-electron chi connectivity index (χ3n) is 8.04. The Morgan fingerprint density at radius 2 is 1.70 bits per heavy atom. The van der Waals surface area contributed by atoms with Gasteiger partial charge in [0, 0.05) is 33.2 Å². The van der Waals surface area contributed by atoms with Gasteiger partial charge in [-0.3, -0.25) is 14.4 Å². The van der Waals surface area contributed by atoms with Crippen LogP contribution < -0.4 is 26.4 Å². The van der Waals surface area contributed by atoms with Crippen LogP contribution in [-0.4, -0.2) is 99.0 Å². The van der Waals surface area contributed by atoms with Crippen molar-refractivity contribution in [2.45, 2.75) is 78.0 Å². The van der Waals surface area contributed by atoms with E-state index in [0.29, 0.717) is 50.5 Å². The van der Waals surface area contributed by atoms with Crippen molar-refractivity contribution in [3.8, 4) is 5.75 Å². The predicted molar refractivity (Wildman–Crippen MR) is 168 cm³/mol. The molecule has 0 spiro atoms. The molecule has 244 valence electrons. The highest BCUT2D eigenvalue weighted by Gasteiger charge is 2.32. The summed E-state index contributed by atoms with van der Waals surface area (Å²) in [5, 5.41) is 20.2. The fourth-order valence-corrected chi connectivity index (χ4v) is 5.29. The number of carbonyl (C=O) groups excluding carboxylic acids is 3. The lowest BCUT2D eigenvalue weighted by atomic mass is 9.86. The van der Waals surface area contributed by atoms with Crippen LogP contribution in [0.2, 0.25) is 0 Å². The molecular weight excluding hydrogens is 550 g/mol. The number of benzene rings is 1. The Hall–Kier alpha value is -2.73. The molecule has 1 heterocycles. The SMILES string of the molecule is COCCCOc1ccccc1C(=O)NC[C@@H](C[C@H](NC(=O)C(NC(=O)CN)C(C)C)[C@@H](O)CN1CCCCC1)C(C)C. The quantitative estimate of drug-likeness (QED) is 0.150. The molecule has 0 radical (unpaired) electrons. The normalized spacial score (nSPS) is 16.8. The first-order valence-corrected chi connectivity index (χ1v) is 15.8. The summed E-state index contributed by atoms with van der Waals surface area (Å²) in [5.74, 6) is -0.565. The summed E-state index contributed by atoms with van der Waals surface area (Å²) in [6, 6.07) is 5.78. The second-order valence-corrected chi connectivity index (χ2v) is 12.2. The number of β-amino-alcohol motifs (C(OH)–C–C–N with tert-alkyl or cyclic N) is 1. The number of ether oxygens (including phenoxy) is 2. The third-order valence-corrected chi connectivity index (χ3v) is 8.04. The summed E-state index contributed by atoms with van der Waals surface area (Å²) < 4.78 is 10.9. The summed E-state index contributed by atoms with van der Waals surface area (Å²) in [5.41, 5.74) is 5.93. The third kappa shape index (κ3) is 12.8. The van der Waals surface area contributed by atoms with Gasteiger partial charge in [-0.05, 0) is 62.2 Å². The van der Waals surface area contributed by atoms with Crippen molar-refractivity contribution >= 4 is 17.7 Å². The Morgan fingerprint density at radius 1 is 1.00 bits per heavy atom. The van der Waals surface area contributed by atoms with Gasteiger partial charge in [-0.15, -0.1) is 0 Å². The zero-order chi connectivity index (χ0) is 31.8. The second kappa shape index (κ2) is 19.5. The van der Waals surface area contributed by atoms with E-state index in [1.54, 1.807) is 25.3 Å². The van der Waals surface area contributed by atoms with E-state index in [2.05, 4.69) is 34.7 Å². The number of methoxy groups -OCH3 is 1. The van der Waals surface area contributed by atoms with E-state index in [4.69, 9.17) is 15.2 Å². The number of para-hydroxylation sites is 1. The molecule has 1 aliphatic heterocycles. The molecule has 11 nitrogen and oxygen atoms in total. The van der Waals surface area contributed by atoms with Crippen molar-refractivity contribution in [1.82, 2.24) is 20.9 Å². The highest BCUT2D eigenvalue weighted by Crippen LogP contribution is 2.22. The molecule has 1 aliphatic rings. The van der Waals surface area contributed by atoms with Gasteiger partial charge in [0.25, 0.3) is 5.91 Å². The van der Waals surface area contributed by atoms with Crippen molar-refractivity contribution in [2.24, 2.45) is 23.5 Å². The van der Waals surface area contributed by atoms with Crippen LogP contribution in [0, 0.1) is 17.8 Å². The van der Waals surface area contributed by atoms with Crippen LogP contribution >= 0.6 is 0 Å². The van der Waals surface area contributed by atoms with Gasteiger partial charge in [0.2, 0.25) is 11.8 Å². The minimum Gasteiger partial charge on any atom is -0.493 e. The number of nitrogens with two attached hydrogens (primary N) is 1. The molecule has 3 amide bonds. The zero-order valence-corrected chi connectivity index (χ0v) is 26.8. The Morgan fingerprint density at radius 3 is 2.33 bits per heavy atom. The number of amides is 3. The van der Waals surface area contributed by atoms with Crippen molar-refractivity contribution in [3.05, 3.63) is 29.8 Å². The second-order valence-electron chi connectivity index (χ2n) is 12.2. The van der Waals surface area contributed by atoms with Gasteiger partial charge in [-0.25, -0.2) is 0 Å². The highest BCUT2D eigenvalue weighted by atomic mass is 16.5. The molecule has 1 saturated heterocycles. The average molecular weight is 606 g/mol. The maximum atomic E-state index is 13.4. The van der Waals surface area contributed by atoms with Crippen molar-refractivity contribution < 1.29 is 29.0 Å². The van der Waals surface area contributed by atoms with E-state index < -0.39 is 24.1 Å². The number of piperidine rings is 1. The topological polar surface area (TPSA) is 155 Å². The van der Waals surface area contributed by atoms with Gasteiger partial charge in [0.1, 0.15) is 11.8 Å². The van der Waals surface area contributed by atoms with Crippen LogP contribution in [-0.2, 0) is 14.3 Å². The number of nitrogens with zero attached hydrogens (tertiary/aromatic N) is 1. The number of hydrogen-bond donors (Lipinski definition) is 5.